The standard InChI is InChI=1S/C3H5FO3/c1-7-2(4)3(5)6/h2H,1H3,(H,5,6)/t2-/m0/s1. The van der Waals surface area contributed by atoms with Crippen molar-refractivity contribution in [2.75, 3.05) is 7.11 Å². The van der Waals surface area contributed by atoms with Gasteiger partial charge in [0.25, 0.3) is 6.36 Å². The molecule has 0 saturated carbocycles. The molecule has 4 heteroatoms. The highest BCUT2D eigenvalue weighted by Gasteiger charge is 2.11. The Labute approximate surface area is 39.7 Å². The molecule has 0 aromatic heterocycles. The minimum Gasteiger partial charge on any atom is -0.477 e. The fourth-order valence-electron chi connectivity index (χ4n) is 0.101. The molecule has 0 aromatic carbocycles. The van der Waals surface area contributed by atoms with Crippen LogP contribution < -0.4 is 0 Å². The Morgan fingerprint density at radius 3 is 2.43 bits per heavy atom. The van der Waals surface area contributed by atoms with Crippen LogP contribution in [0.25, 0.3) is 0 Å². The molecule has 0 rings (SSSR count). The van der Waals surface area contributed by atoms with Crippen molar-refractivity contribution < 1.29 is 19.0 Å². The third-order valence-corrected chi connectivity index (χ3v) is 0.401. The number of carboxylic acid groups (broad SMARTS) is 1. The van der Waals surface area contributed by atoms with Gasteiger partial charge in [0.15, 0.2) is 0 Å². The van der Waals surface area contributed by atoms with Gasteiger partial charge in [-0.15, -0.1) is 0 Å². The van der Waals surface area contributed by atoms with E-state index in [-0.39, 0.29) is 0 Å². The number of ether oxygens (including phenoxy) is 1. The van der Waals surface area contributed by atoms with Crippen LogP contribution in [0.3, 0.4) is 0 Å². The van der Waals surface area contributed by atoms with Crippen LogP contribution in [-0.2, 0) is 9.53 Å². The van der Waals surface area contributed by atoms with Crippen molar-refractivity contribution in [2.45, 2.75) is 6.36 Å². The van der Waals surface area contributed by atoms with Crippen LogP contribution in [0, 0.1) is 0 Å². The lowest BCUT2D eigenvalue weighted by atomic mass is 10.7. The molecular formula is C3H5FO3. The molecular weight excluding hydrogens is 103 g/mol. The Morgan fingerprint density at radius 2 is 2.43 bits per heavy atom. The van der Waals surface area contributed by atoms with Crippen LogP contribution >= 0.6 is 0 Å². The van der Waals surface area contributed by atoms with E-state index in [9.17, 15) is 9.18 Å². The molecule has 7 heavy (non-hydrogen) atoms. The lowest BCUT2D eigenvalue weighted by Crippen LogP contribution is -2.15. The van der Waals surface area contributed by atoms with E-state index in [0.717, 1.165) is 7.11 Å². The average Bonchev–Trinajstić information content (AvgIpc) is 1.65. The summed E-state index contributed by atoms with van der Waals surface area (Å²) in [7, 11) is 0.985. The monoisotopic (exact) mass is 108 g/mol. The second kappa shape index (κ2) is 2.52. The molecule has 0 aliphatic heterocycles. The fourth-order valence-corrected chi connectivity index (χ4v) is 0.101. The van der Waals surface area contributed by atoms with Gasteiger partial charge in [-0.3, -0.25) is 0 Å². The Bertz CT molecular complexity index is 72.6. The molecule has 0 bridgehead atoms. The molecule has 0 aliphatic carbocycles. The van der Waals surface area contributed by atoms with Crippen molar-refractivity contribution in [3.05, 3.63) is 0 Å². The number of carboxylic acids is 1. The lowest BCUT2D eigenvalue weighted by Gasteiger charge is -1.94. The number of methoxy groups -OCH3 is 1. The molecule has 0 fully saturated rings. The van der Waals surface area contributed by atoms with Crippen molar-refractivity contribution >= 4 is 5.97 Å². The number of alkyl halides is 1. The molecule has 0 spiro atoms. The zero-order chi connectivity index (χ0) is 5.86. The minimum atomic E-state index is -2.18. The summed E-state index contributed by atoms with van der Waals surface area (Å²) in [6, 6.07) is 0. The molecule has 42 valence electrons. The first-order valence-corrected chi connectivity index (χ1v) is 1.58. The van der Waals surface area contributed by atoms with E-state index in [2.05, 4.69) is 4.74 Å². The maximum absolute atomic E-state index is 11.4. The Kier molecular flexibility index (Phi) is 2.29. The minimum absolute atomic E-state index is 0.985. The summed E-state index contributed by atoms with van der Waals surface area (Å²) in [5.74, 6) is -1.59. The second-order valence-corrected chi connectivity index (χ2v) is 0.890. The maximum Gasteiger partial charge on any atom is 0.366 e. The summed E-state index contributed by atoms with van der Waals surface area (Å²) in [6.07, 6.45) is -2.18. The average molecular weight is 108 g/mol. The first kappa shape index (κ1) is 6.36. The Morgan fingerprint density at radius 1 is 2.00 bits per heavy atom. The molecule has 1 N–H and O–H groups in total. The number of carbonyl (C=O) groups is 1. The number of hydrogen-bond donors (Lipinski definition) is 1. The summed E-state index contributed by atoms with van der Waals surface area (Å²) in [4.78, 5) is 9.43. The van der Waals surface area contributed by atoms with Crippen LogP contribution in [0.4, 0.5) is 4.39 Å². The van der Waals surface area contributed by atoms with Crippen molar-refractivity contribution in [3.8, 4) is 0 Å². The van der Waals surface area contributed by atoms with Crippen LogP contribution in [0.5, 0.6) is 0 Å². The van der Waals surface area contributed by atoms with Gasteiger partial charge in [-0.2, -0.15) is 0 Å². The molecule has 1 atom stereocenters. The van der Waals surface area contributed by atoms with Gasteiger partial charge in [-0.25, -0.2) is 9.18 Å². The quantitative estimate of drug-likeness (QED) is 0.542. The molecule has 0 saturated heterocycles. The summed E-state index contributed by atoms with van der Waals surface area (Å²) >= 11 is 0. The SMILES string of the molecule is CO[C@H](F)C(=O)O. The van der Waals surface area contributed by atoms with Crippen molar-refractivity contribution in [3.63, 3.8) is 0 Å². The molecule has 0 amide bonds. The zero-order valence-electron chi connectivity index (χ0n) is 3.72. The van der Waals surface area contributed by atoms with E-state index in [4.69, 9.17) is 5.11 Å². The topological polar surface area (TPSA) is 46.5 Å². The maximum atomic E-state index is 11.4. The van der Waals surface area contributed by atoms with Crippen molar-refractivity contribution in [2.24, 2.45) is 0 Å². The summed E-state index contributed by atoms with van der Waals surface area (Å²) in [5.41, 5.74) is 0. The Balaban J connectivity index is 3.34. The number of hydrogen-bond acceptors (Lipinski definition) is 2. The van der Waals surface area contributed by atoms with Gasteiger partial charge in [0, 0.05) is 7.11 Å². The predicted octanol–water partition coefficient (Wildman–Crippen LogP) is 0.0130. The van der Waals surface area contributed by atoms with Crippen LogP contribution in [0.1, 0.15) is 0 Å². The third kappa shape index (κ3) is 2.11. The van der Waals surface area contributed by atoms with E-state index >= 15 is 0 Å². The molecule has 0 radical (unpaired) electrons. The highest BCUT2D eigenvalue weighted by Crippen LogP contribution is 1.87. The van der Waals surface area contributed by atoms with Gasteiger partial charge < -0.3 is 9.84 Å². The first-order valence-electron chi connectivity index (χ1n) is 1.58. The number of halogens is 1. The van der Waals surface area contributed by atoms with E-state index < -0.39 is 12.3 Å². The zero-order valence-corrected chi connectivity index (χ0v) is 3.72. The lowest BCUT2D eigenvalue weighted by molar-refractivity contribution is -0.159. The molecule has 3 nitrogen and oxygen atoms in total. The van der Waals surface area contributed by atoms with Crippen LogP contribution in [0.15, 0.2) is 0 Å². The second-order valence-electron chi connectivity index (χ2n) is 0.890. The van der Waals surface area contributed by atoms with Crippen molar-refractivity contribution in [1.29, 1.82) is 0 Å². The van der Waals surface area contributed by atoms with Crippen molar-refractivity contribution in [1.82, 2.24) is 0 Å². The summed E-state index contributed by atoms with van der Waals surface area (Å²) in [5, 5.41) is 7.68. The highest BCUT2D eigenvalue weighted by atomic mass is 19.1. The Hall–Kier alpha value is -0.640. The van der Waals surface area contributed by atoms with Gasteiger partial charge in [0.2, 0.25) is 0 Å². The van der Waals surface area contributed by atoms with E-state index in [0.29, 0.717) is 0 Å². The largest absolute Gasteiger partial charge is 0.477 e. The van der Waals surface area contributed by atoms with Gasteiger partial charge in [0.1, 0.15) is 0 Å². The molecule has 0 heterocycles. The number of rotatable bonds is 2. The highest BCUT2D eigenvalue weighted by molar-refractivity contribution is 5.70. The summed E-state index contributed by atoms with van der Waals surface area (Å²) in [6.45, 7) is 0. The van der Waals surface area contributed by atoms with E-state index in [1.165, 1.54) is 0 Å². The van der Waals surface area contributed by atoms with E-state index in [1.807, 2.05) is 0 Å². The van der Waals surface area contributed by atoms with Gasteiger partial charge in [-0.05, 0) is 0 Å². The van der Waals surface area contributed by atoms with Gasteiger partial charge in [-0.1, -0.05) is 0 Å². The van der Waals surface area contributed by atoms with Crippen LogP contribution in [0.2, 0.25) is 0 Å². The summed E-state index contributed by atoms with van der Waals surface area (Å²) < 4.78 is 15.2. The smallest absolute Gasteiger partial charge is 0.366 e. The normalized spacial score (nSPS) is 13.4. The first-order chi connectivity index (χ1) is 3.18. The molecule has 0 aromatic rings. The van der Waals surface area contributed by atoms with Gasteiger partial charge in [0.05, 0.1) is 0 Å². The molecule has 0 unspecified atom stereocenters. The predicted molar refractivity (Wildman–Crippen MR) is 19.5 cm³/mol. The van der Waals surface area contributed by atoms with Crippen LogP contribution in [-0.4, -0.2) is 24.5 Å². The van der Waals surface area contributed by atoms with Gasteiger partial charge >= 0.3 is 5.97 Å². The number of aliphatic carboxylic acids is 1. The molecule has 0 aliphatic rings. The third-order valence-electron chi connectivity index (χ3n) is 0.401. The fraction of sp³-hybridized carbons (Fsp3) is 0.667. The van der Waals surface area contributed by atoms with E-state index in [1.54, 1.807) is 0 Å².